The summed E-state index contributed by atoms with van der Waals surface area (Å²) < 4.78 is 0. The van der Waals surface area contributed by atoms with Crippen molar-refractivity contribution in [1.82, 2.24) is 4.90 Å². The second-order valence-electron chi connectivity index (χ2n) is 5.53. The molecule has 2 heterocycles. The van der Waals surface area contributed by atoms with Crippen LogP contribution in [0.2, 0.25) is 0 Å². The van der Waals surface area contributed by atoms with Crippen molar-refractivity contribution in [2.45, 2.75) is 38.0 Å². The summed E-state index contributed by atoms with van der Waals surface area (Å²) in [7, 11) is 0. The summed E-state index contributed by atoms with van der Waals surface area (Å²) in [6.45, 7) is 4.22. The molecule has 1 saturated carbocycles. The van der Waals surface area contributed by atoms with Crippen LogP contribution in [0.15, 0.2) is 17.5 Å². The van der Waals surface area contributed by atoms with Crippen LogP contribution in [0.1, 0.15) is 37.5 Å². The lowest BCUT2D eigenvalue weighted by Gasteiger charge is -2.33. The topological polar surface area (TPSA) is 20.3 Å². The van der Waals surface area contributed by atoms with Crippen LogP contribution in [0.3, 0.4) is 0 Å². The van der Waals surface area contributed by atoms with Gasteiger partial charge in [-0.2, -0.15) is 0 Å². The molecular formula is C14H19NOS. The van der Waals surface area contributed by atoms with Crippen LogP contribution < -0.4 is 0 Å². The maximum Gasteiger partial charge on any atom is 0.234 e. The van der Waals surface area contributed by atoms with Crippen LogP contribution in [0, 0.1) is 5.92 Å². The molecule has 0 bridgehead atoms. The molecule has 1 aromatic rings. The maximum absolute atomic E-state index is 12.6. The molecule has 1 saturated heterocycles. The zero-order chi connectivity index (χ0) is 11.9. The molecule has 17 heavy (non-hydrogen) atoms. The molecule has 0 radical (unpaired) electrons. The van der Waals surface area contributed by atoms with Gasteiger partial charge in [-0.25, -0.2) is 0 Å². The lowest BCUT2D eigenvalue weighted by Crippen LogP contribution is -2.43. The Hall–Kier alpha value is -0.830. The second-order valence-corrected chi connectivity index (χ2v) is 6.48. The van der Waals surface area contributed by atoms with Gasteiger partial charge in [0.05, 0.1) is 5.41 Å². The molecule has 3 rings (SSSR count). The molecule has 2 aliphatic rings. The van der Waals surface area contributed by atoms with Gasteiger partial charge in [-0.3, -0.25) is 4.79 Å². The molecule has 1 aliphatic heterocycles. The number of hydrogen-bond donors (Lipinski definition) is 0. The number of amides is 1. The fraction of sp³-hybridized carbons (Fsp3) is 0.643. The van der Waals surface area contributed by atoms with Gasteiger partial charge in [-0.15, -0.1) is 11.3 Å². The number of nitrogens with zero attached hydrogens (tertiary/aromatic N) is 1. The van der Waals surface area contributed by atoms with E-state index in [1.54, 1.807) is 11.3 Å². The quantitative estimate of drug-likeness (QED) is 0.789. The van der Waals surface area contributed by atoms with Gasteiger partial charge >= 0.3 is 0 Å². The molecule has 0 unspecified atom stereocenters. The van der Waals surface area contributed by atoms with Crippen LogP contribution in [0.25, 0.3) is 0 Å². The normalized spacial score (nSPS) is 23.7. The molecular weight excluding hydrogens is 230 g/mol. The van der Waals surface area contributed by atoms with Gasteiger partial charge in [0.15, 0.2) is 0 Å². The molecule has 92 valence electrons. The van der Waals surface area contributed by atoms with Gasteiger partial charge in [0.1, 0.15) is 0 Å². The standard InChI is InChI=1S/C14H19NOS/c1-11-4-8-15(9-5-11)13(16)14(6-7-14)12-3-2-10-17-12/h2-3,10-11H,4-9H2,1H3. The van der Waals surface area contributed by atoms with Crippen LogP contribution in [-0.4, -0.2) is 23.9 Å². The second kappa shape index (κ2) is 4.13. The molecule has 1 aromatic heterocycles. The van der Waals surface area contributed by atoms with Crippen molar-refractivity contribution in [2.75, 3.05) is 13.1 Å². The average molecular weight is 249 g/mol. The highest BCUT2D eigenvalue weighted by atomic mass is 32.1. The third kappa shape index (κ3) is 1.90. The van der Waals surface area contributed by atoms with E-state index < -0.39 is 0 Å². The Labute approximate surface area is 107 Å². The maximum atomic E-state index is 12.6. The van der Waals surface area contributed by atoms with Crippen LogP contribution in [0.4, 0.5) is 0 Å². The van der Waals surface area contributed by atoms with Crippen molar-refractivity contribution >= 4 is 17.2 Å². The zero-order valence-electron chi connectivity index (χ0n) is 10.3. The smallest absolute Gasteiger partial charge is 0.234 e. The first kappa shape index (κ1) is 11.3. The highest BCUT2D eigenvalue weighted by molar-refractivity contribution is 7.10. The molecule has 2 nitrogen and oxygen atoms in total. The third-order valence-corrected chi connectivity index (χ3v) is 5.30. The van der Waals surface area contributed by atoms with Crippen molar-refractivity contribution in [3.05, 3.63) is 22.4 Å². The summed E-state index contributed by atoms with van der Waals surface area (Å²) in [6.07, 6.45) is 4.45. The Bertz CT molecular complexity index is 400. The van der Waals surface area contributed by atoms with Gasteiger partial charge in [0.25, 0.3) is 0 Å². The van der Waals surface area contributed by atoms with E-state index in [1.165, 1.54) is 17.7 Å². The lowest BCUT2D eigenvalue weighted by molar-refractivity contribution is -0.135. The van der Waals surface area contributed by atoms with Crippen molar-refractivity contribution in [3.63, 3.8) is 0 Å². The third-order valence-electron chi connectivity index (χ3n) is 4.22. The van der Waals surface area contributed by atoms with Crippen LogP contribution >= 0.6 is 11.3 Å². The molecule has 3 heteroatoms. The Balaban J connectivity index is 1.74. The first-order valence-corrected chi connectivity index (χ1v) is 7.44. The van der Waals surface area contributed by atoms with E-state index in [2.05, 4.69) is 29.3 Å². The van der Waals surface area contributed by atoms with Crippen molar-refractivity contribution in [1.29, 1.82) is 0 Å². The summed E-state index contributed by atoms with van der Waals surface area (Å²) in [6, 6.07) is 4.19. The molecule has 1 amide bonds. The van der Waals surface area contributed by atoms with E-state index in [4.69, 9.17) is 0 Å². The predicted molar refractivity (Wildman–Crippen MR) is 70.2 cm³/mol. The highest BCUT2D eigenvalue weighted by Gasteiger charge is 2.53. The van der Waals surface area contributed by atoms with E-state index in [0.29, 0.717) is 5.91 Å². The van der Waals surface area contributed by atoms with Gasteiger partial charge in [-0.05, 0) is 43.0 Å². The number of thiophene rings is 1. The number of carbonyl (C=O) groups excluding carboxylic acids is 1. The van der Waals surface area contributed by atoms with E-state index in [9.17, 15) is 4.79 Å². The van der Waals surface area contributed by atoms with E-state index >= 15 is 0 Å². The molecule has 0 N–H and O–H groups in total. The van der Waals surface area contributed by atoms with Crippen molar-refractivity contribution < 1.29 is 4.79 Å². The minimum absolute atomic E-state index is 0.116. The molecule has 0 atom stereocenters. The fourth-order valence-electron chi connectivity index (χ4n) is 2.76. The minimum Gasteiger partial charge on any atom is -0.342 e. The SMILES string of the molecule is CC1CCN(C(=O)C2(c3cccs3)CC2)CC1. The van der Waals surface area contributed by atoms with E-state index in [1.807, 2.05) is 0 Å². The van der Waals surface area contributed by atoms with Gasteiger partial charge in [-0.1, -0.05) is 13.0 Å². The number of likely N-dealkylation sites (tertiary alicyclic amines) is 1. The van der Waals surface area contributed by atoms with Crippen LogP contribution in [0.5, 0.6) is 0 Å². The number of hydrogen-bond acceptors (Lipinski definition) is 2. The minimum atomic E-state index is -0.116. The lowest BCUT2D eigenvalue weighted by atomic mass is 9.96. The predicted octanol–water partition coefficient (Wildman–Crippen LogP) is 3.04. The Morgan fingerprint density at radius 1 is 1.41 bits per heavy atom. The molecule has 1 aliphatic carbocycles. The summed E-state index contributed by atoms with van der Waals surface area (Å²) in [5.74, 6) is 1.18. The summed E-state index contributed by atoms with van der Waals surface area (Å²) >= 11 is 1.74. The average Bonchev–Trinajstić information content (AvgIpc) is 2.97. The fourth-order valence-corrected chi connectivity index (χ4v) is 3.73. The largest absolute Gasteiger partial charge is 0.342 e. The Kier molecular flexibility index (Phi) is 2.74. The molecule has 2 fully saturated rings. The first-order valence-electron chi connectivity index (χ1n) is 6.56. The Morgan fingerprint density at radius 3 is 2.65 bits per heavy atom. The number of piperidine rings is 1. The molecule has 0 spiro atoms. The zero-order valence-corrected chi connectivity index (χ0v) is 11.1. The van der Waals surface area contributed by atoms with Gasteiger partial charge < -0.3 is 4.90 Å². The van der Waals surface area contributed by atoms with Crippen molar-refractivity contribution in [2.24, 2.45) is 5.92 Å². The monoisotopic (exact) mass is 249 g/mol. The summed E-state index contributed by atoms with van der Waals surface area (Å²) in [5, 5.41) is 2.08. The van der Waals surface area contributed by atoms with E-state index in [0.717, 1.165) is 31.8 Å². The van der Waals surface area contributed by atoms with E-state index in [-0.39, 0.29) is 5.41 Å². The van der Waals surface area contributed by atoms with Gasteiger partial charge in [0.2, 0.25) is 5.91 Å². The Morgan fingerprint density at radius 2 is 2.12 bits per heavy atom. The van der Waals surface area contributed by atoms with Crippen LogP contribution in [-0.2, 0) is 10.2 Å². The summed E-state index contributed by atoms with van der Waals surface area (Å²) in [5.41, 5.74) is -0.116. The van der Waals surface area contributed by atoms with Crippen molar-refractivity contribution in [3.8, 4) is 0 Å². The number of carbonyl (C=O) groups is 1. The van der Waals surface area contributed by atoms with Gasteiger partial charge in [0, 0.05) is 18.0 Å². The molecule has 0 aromatic carbocycles. The summed E-state index contributed by atoms with van der Waals surface area (Å²) in [4.78, 5) is 16.0. The highest BCUT2D eigenvalue weighted by Crippen LogP contribution is 2.51. The first-order chi connectivity index (χ1) is 8.22. The number of rotatable bonds is 2.